The summed E-state index contributed by atoms with van der Waals surface area (Å²) in [5, 5.41) is 11.6. The summed E-state index contributed by atoms with van der Waals surface area (Å²) >= 11 is 0. The summed E-state index contributed by atoms with van der Waals surface area (Å²) in [5.74, 6) is -3.29. The molecule has 0 aliphatic carbocycles. The maximum absolute atomic E-state index is 13.1. The van der Waals surface area contributed by atoms with Gasteiger partial charge < -0.3 is 30.5 Å². The number of rotatable bonds is 8. The second kappa shape index (κ2) is 12.3. The first kappa shape index (κ1) is 27.6. The topological polar surface area (TPSA) is 144 Å². The largest absolute Gasteiger partial charge is 0.491 e. The zero-order valence-electron chi connectivity index (χ0n) is 19.5. The number of alkyl halides is 3. The maximum atomic E-state index is 13.1. The van der Waals surface area contributed by atoms with Gasteiger partial charge in [-0.25, -0.2) is 0 Å². The van der Waals surface area contributed by atoms with Crippen molar-refractivity contribution in [3.05, 3.63) is 65.2 Å². The molecule has 3 amide bonds. The highest BCUT2D eigenvalue weighted by molar-refractivity contribution is 6.05. The zero-order valence-corrected chi connectivity index (χ0v) is 19.5. The van der Waals surface area contributed by atoms with Crippen molar-refractivity contribution in [2.75, 3.05) is 39.5 Å². The third kappa shape index (κ3) is 7.51. The third-order valence-corrected chi connectivity index (χ3v) is 5.33. The molecule has 13 heteroatoms. The minimum atomic E-state index is -5.14. The first-order valence-electron chi connectivity index (χ1n) is 11.2. The molecular formula is C24H25F3N4O6. The van der Waals surface area contributed by atoms with Crippen LogP contribution in [-0.2, 0) is 9.53 Å². The molecule has 198 valence electrons. The highest BCUT2D eigenvalue weighted by atomic mass is 19.4. The standard InChI is InChI=1S/C24H25F3N4O6/c25-24(26,27)23(35)30-20(28)15-4-6-16(7-5-15)21(33)29-13-18-14-36-10-8-31(18)22(34)17-2-1-3-19(12-17)37-11-9-32/h1-7,12,18,32H,8-11,13-14H2,(H,29,33)(H2,28,30,35)/t18-/m0/s1. The van der Waals surface area contributed by atoms with Crippen molar-refractivity contribution >= 4 is 23.6 Å². The quantitative estimate of drug-likeness (QED) is 0.348. The van der Waals surface area contributed by atoms with Crippen molar-refractivity contribution < 1.29 is 42.1 Å². The molecule has 2 aromatic rings. The first-order chi connectivity index (χ1) is 17.6. The highest BCUT2D eigenvalue weighted by Gasteiger charge is 2.38. The van der Waals surface area contributed by atoms with Crippen LogP contribution in [0.2, 0.25) is 0 Å². The van der Waals surface area contributed by atoms with Crippen LogP contribution in [0, 0.1) is 0 Å². The number of benzene rings is 2. The predicted molar refractivity (Wildman–Crippen MR) is 125 cm³/mol. The molecule has 1 fully saturated rings. The molecule has 3 rings (SSSR count). The lowest BCUT2D eigenvalue weighted by Gasteiger charge is -2.35. The van der Waals surface area contributed by atoms with Crippen molar-refractivity contribution in [3.63, 3.8) is 0 Å². The fraction of sp³-hybridized carbons (Fsp3) is 0.333. The van der Waals surface area contributed by atoms with Crippen molar-refractivity contribution in [1.29, 1.82) is 0 Å². The SMILES string of the molecule is NC(=NC(=O)C(F)(F)F)c1ccc(C(=O)NC[C@H]2COCCN2C(=O)c2cccc(OCCO)c2)cc1. The van der Waals surface area contributed by atoms with Gasteiger partial charge >= 0.3 is 12.1 Å². The minimum Gasteiger partial charge on any atom is -0.491 e. The van der Waals surface area contributed by atoms with Crippen LogP contribution in [-0.4, -0.2) is 85.3 Å². The Balaban J connectivity index is 1.63. The smallest absolute Gasteiger partial charge is 0.473 e. The van der Waals surface area contributed by atoms with E-state index in [1.54, 1.807) is 29.2 Å². The Bertz CT molecular complexity index is 1150. The van der Waals surface area contributed by atoms with Crippen LogP contribution in [0.15, 0.2) is 53.5 Å². The van der Waals surface area contributed by atoms with Crippen LogP contribution >= 0.6 is 0 Å². The summed E-state index contributed by atoms with van der Waals surface area (Å²) in [6, 6.07) is 11.3. The molecule has 1 aliphatic rings. The molecule has 0 unspecified atom stereocenters. The second-order valence-electron chi connectivity index (χ2n) is 7.91. The Hall–Kier alpha value is -3.97. The fourth-order valence-electron chi connectivity index (χ4n) is 3.48. The summed E-state index contributed by atoms with van der Waals surface area (Å²) in [4.78, 5) is 41.1. The first-order valence-corrected chi connectivity index (χ1v) is 11.2. The van der Waals surface area contributed by atoms with Gasteiger partial charge in [-0.3, -0.25) is 14.4 Å². The number of aliphatic hydroxyl groups excluding tert-OH is 1. The number of amides is 3. The van der Waals surface area contributed by atoms with Crippen LogP contribution in [0.4, 0.5) is 13.2 Å². The number of morpholine rings is 1. The summed E-state index contributed by atoms with van der Waals surface area (Å²) in [5.41, 5.74) is 6.06. The van der Waals surface area contributed by atoms with Gasteiger partial charge in [-0.05, 0) is 30.3 Å². The molecule has 0 aromatic heterocycles. The monoisotopic (exact) mass is 522 g/mol. The summed E-state index contributed by atoms with van der Waals surface area (Å²) in [6.45, 7) is 0.854. The fourth-order valence-corrected chi connectivity index (χ4v) is 3.48. The molecule has 37 heavy (non-hydrogen) atoms. The van der Waals surface area contributed by atoms with Gasteiger partial charge in [0.2, 0.25) is 0 Å². The number of aliphatic imine (C=N–C) groups is 1. The van der Waals surface area contributed by atoms with E-state index in [-0.39, 0.29) is 43.4 Å². The lowest BCUT2D eigenvalue weighted by atomic mass is 10.1. The van der Waals surface area contributed by atoms with Gasteiger partial charge in [-0.15, -0.1) is 0 Å². The number of hydrogen-bond acceptors (Lipinski definition) is 6. The molecule has 0 bridgehead atoms. The molecule has 1 heterocycles. The zero-order chi connectivity index (χ0) is 27.0. The number of carbonyl (C=O) groups excluding carboxylic acids is 3. The Morgan fingerprint density at radius 1 is 1.14 bits per heavy atom. The molecule has 2 aromatic carbocycles. The average molecular weight is 522 g/mol. The number of carbonyl (C=O) groups is 3. The van der Waals surface area contributed by atoms with Crippen molar-refractivity contribution in [2.24, 2.45) is 10.7 Å². The minimum absolute atomic E-state index is 0.0387. The van der Waals surface area contributed by atoms with E-state index in [0.717, 1.165) is 0 Å². The molecule has 1 atom stereocenters. The van der Waals surface area contributed by atoms with Crippen molar-refractivity contribution in [1.82, 2.24) is 10.2 Å². The Morgan fingerprint density at radius 2 is 1.84 bits per heavy atom. The number of nitrogens with zero attached hydrogens (tertiary/aromatic N) is 2. The Kier molecular flexibility index (Phi) is 9.20. The van der Waals surface area contributed by atoms with E-state index < -0.39 is 29.9 Å². The van der Waals surface area contributed by atoms with Gasteiger partial charge in [-0.1, -0.05) is 18.2 Å². The van der Waals surface area contributed by atoms with E-state index in [2.05, 4.69) is 10.3 Å². The maximum Gasteiger partial charge on any atom is 0.473 e. The number of ether oxygens (including phenoxy) is 2. The lowest BCUT2D eigenvalue weighted by Crippen LogP contribution is -2.53. The molecular weight excluding hydrogens is 497 g/mol. The van der Waals surface area contributed by atoms with Gasteiger partial charge in [0.25, 0.3) is 11.8 Å². The molecule has 1 saturated heterocycles. The summed E-state index contributed by atoms with van der Waals surface area (Å²) in [7, 11) is 0. The van der Waals surface area contributed by atoms with Crippen LogP contribution in [0.5, 0.6) is 5.75 Å². The van der Waals surface area contributed by atoms with Crippen LogP contribution in [0.1, 0.15) is 26.3 Å². The summed E-state index contributed by atoms with van der Waals surface area (Å²) < 4.78 is 47.9. The third-order valence-electron chi connectivity index (χ3n) is 5.33. The van der Waals surface area contributed by atoms with Crippen molar-refractivity contribution in [2.45, 2.75) is 12.2 Å². The number of hydrogen-bond donors (Lipinski definition) is 3. The summed E-state index contributed by atoms with van der Waals surface area (Å²) in [6.07, 6.45) is -5.14. The van der Waals surface area contributed by atoms with Gasteiger partial charge in [0.1, 0.15) is 18.2 Å². The molecule has 0 radical (unpaired) electrons. The molecule has 1 aliphatic heterocycles. The van der Waals surface area contributed by atoms with E-state index in [1.807, 2.05) is 0 Å². The number of nitrogens with one attached hydrogen (secondary N) is 1. The van der Waals surface area contributed by atoms with Crippen LogP contribution in [0.3, 0.4) is 0 Å². The van der Waals surface area contributed by atoms with E-state index in [1.165, 1.54) is 24.3 Å². The van der Waals surface area contributed by atoms with E-state index in [0.29, 0.717) is 24.5 Å². The molecule has 10 nitrogen and oxygen atoms in total. The van der Waals surface area contributed by atoms with Gasteiger partial charge in [0, 0.05) is 29.8 Å². The van der Waals surface area contributed by atoms with Gasteiger partial charge in [-0.2, -0.15) is 18.2 Å². The molecule has 0 spiro atoms. The Morgan fingerprint density at radius 3 is 2.51 bits per heavy atom. The molecule has 4 N–H and O–H groups in total. The number of halogens is 3. The Labute approximate surface area is 209 Å². The van der Waals surface area contributed by atoms with Gasteiger partial charge in [0.05, 0.1) is 25.9 Å². The normalized spacial score (nSPS) is 16.3. The molecule has 0 saturated carbocycles. The number of nitrogens with two attached hydrogens (primary N) is 1. The number of amidine groups is 1. The van der Waals surface area contributed by atoms with E-state index in [4.69, 9.17) is 20.3 Å². The highest BCUT2D eigenvalue weighted by Crippen LogP contribution is 2.19. The van der Waals surface area contributed by atoms with Crippen LogP contribution in [0.25, 0.3) is 0 Å². The van der Waals surface area contributed by atoms with Crippen molar-refractivity contribution in [3.8, 4) is 5.75 Å². The lowest BCUT2D eigenvalue weighted by molar-refractivity contribution is -0.169. The number of aliphatic hydroxyl groups is 1. The predicted octanol–water partition coefficient (Wildman–Crippen LogP) is 1.12. The average Bonchev–Trinajstić information content (AvgIpc) is 2.90. The van der Waals surface area contributed by atoms with E-state index >= 15 is 0 Å². The van der Waals surface area contributed by atoms with Gasteiger partial charge in [0.15, 0.2) is 0 Å². The van der Waals surface area contributed by atoms with Crippen LogP contribution < -0.4 is 15.8 Å². The second-order valence-corrected chi connectivity index (χ2v) is 7.91. The van der Waals surface area contributed by atoms with E-state index in [9.17, 15) is 27.6 Å².